The number of carbonyl (C=O) groups is 1. The number of benzene rings is 1. The Hall–Kier alpha value is -1.06. The lowest BCUT2D eigenvalue weighted by atomic mass is 10.2. The van der Waals surface area contributed by atoms with Gasteiger partial charge in [0.1, 0.15) is 5.75 Å². The lowest BCUT2D eigenvalue weighted by molar-refractivity contribution is -0.132. The highest BCUT2D eigenvalue weighted by Gasteiger charge is 1.99. The molecule has 0 saturated heterocycles. The molecule has 0 heterocycles. The zero-order chi connectivity index (χ0) is 8.97. The van der Waals surface area contributed by atoms with Crippen molar-refractivity contribution in [3.63, 3.8) is 0 Å². The van der Waals surface area contributed by atoms with Crippen LogP contribution in [0.25, 0.3) is 0 Å². The van der Waals surface area contributed by atoms with E-state index in [-0.39, 0.29) is 19.0 Å². The average molecular weight is 202 g/mol. The van der Waals surface area contributed by atoms with E-state index in [1.165, 1.54) is 0 Å². The molecule has 13 heavy (non-hydrogen) atoms. The second-order valence-electron chi connectivity index (χ2n) is 2.49. The van der Waals surface area contributed by atoms with Crippen molar-refractivity contribution in [1.82, 2.24) is 0 Å². The maximum Gasteiger partial charge on any atom is 0.325 e. The lowest BCUT2D eigenvalue weighted by Crippen LogP contribution is -2.19. The van der Waals surface area contributed by atoms with Crippen molar-refractivity contribution in [2.24, 2.45) is 5.73 Å². The van der Waals surface area contributed by atoms with Crippen molar-refractivity contribution in [2.45, 2.75) is 6.92 Å². The fraction of sp³-hybridized carbons (Fsp3) is 0.222. The number of carbonyl (C=O) groups excluding carboxylic acids is 1. The maximum absolute atomic E-state index is 10.7. The predicted molar refractivity (Wildman–Crippen MR) is 53.1 cm³/mol. The van der Waals surface area contributed by atoms with E-state index in [0.717, 1.165) is 5.56 Å². The van der Waals surface area contributed by atoms with Crippen molar-refractivity contribution >= 4 is 18.4 Å². The molecule has 0 aliphatic heterocycles. The van der Waals surface area contributed by atoms with Gasteiger partial charge in [0.25, 0.3) is 0 Å². The van der Waals surface area contributed by atoms with Gasteiger partial charge in [-0.05, 0) is 19.1 Å². The molecule has 1 rings (SSSR count). The fourth-order valence-corrected chi connectivity index (χ4v) is 0.779. The number of ether oxygens (including phenoxy) is 1. The summed E-state index contributed by atoms with van der Waals surface area (Å²) < 4.78 is 4.85. The van der Waals surface area contributed by atoms with Crippen LogP contribution < -0.4 is 10.5 Å². The summed E-state index contributed by atoms with van der Waals surface area (Å²) in [6.45, 7) is 1.88. The predicted octanol–water partition coefficient (Wildman–Crippen LogP) is 1.28. The molecule has 0 radical (unpaired) electrons. The van der Waals surface area contributed by atoms with E-state index in [4.69, 9.17) is 10.5 Å². The van der Waals surface area contributed by atoms with E-state index in [0.29, 0.717) is 5.75 Å². The molecule has 0 fully saturated rings. The van der Waals surface area contributed by atoms with E-state index >= 15 is 0 Å². The molecule has 0 bridgehead atoms. The minimum absolute atomic E-state index is 0. The summed E-state index contributed by atoms with van der Waals surface area (Å²) in [7, 11) is 0. The molecule has 3 nitrogen and oxygen atoms in total. The third-order valence-electron chi connectivity index (χ3n) is 1.42. The van der Waals surface area contributed by atoms with Gasteiger partial charge < -0.3 is 10.5 Å². The minimum Gasteiger partial charge on any atom is -0.426 e. The number of esters is 1. The normalized spacial score (nSPS) is 8.77. The summed E-state index contributed by atoms with van der Waals surface area (Å²) in [4.78, 5) is 10.7. The summed E-state index contributed by atoms with van der Waals surface area (Å²) in [6.07, 6.45) is 0. The number of hydrogen-bond donors (Lipinski definition) is 1. The summed E-state index contributed by atoms with van der Waals surface area (Å²) >= 11 is 0. The average Bonchev–Trinajstić information content (AvgIpc) is 2.09. The molecular weight excluding hydrogens is 190 g/mol. The summed E-state index contributed by atoms with van der Waals surface area (Å²) in [5.74, 6) is 0.120. The summed E-state index contributed by atoms with van der Waals surface area (Å²) in [5, 5.41) is 0. The quantitative estimate of drug-likeness (QED) is 0.580. The topological polar surface area (TPSA) is 52.3 Å². The molecule has 0 unspecified atom stereocenters. The molecule has 4 heteroatoms. The van der Waals surface area contributed by atoms with Crippen LogP contribution in [0.2, 0.25) is 0 Å². The number of aryl methyl sites for hydroxylation is 1. The maximum atomic E-state index is 10.7. The highest BCUT2D eigenvalue weighted by atomic mass is 35.5. The number of nitrogens with two attached hydrogens (primary N) is 1. The Kier molecular flexibility index (Phi) is 5.11. The largest absolute Gasteiger partial charge is 0.426 e. The van der Waals surface area contributed by atoms with Gasteiger partial charge in [0.2, 0.25) is 0 Å². The van der Waals surface area contributed by atoms with Crippen LogP contribution in [0.4, 0.5) is 0 Å². The van der Waals surface area contributed by atoms with Crippen molar-refractivity contribution in [2.75, 3.05) is 6.54 Å². The standard InChI is InChI=1S/C9H11NO2.ClH/c1-7-2-4-8(5-3-7)12-9(11)6-10;/h2-5H,6,10H2,1H3;1H. The second-order valence-corrected chi connectivity index (χ2v) is 2.49. The molecule has 0 spiro atoms. The first-order chi connectivity index (χ1) is 5.72. The van der Waals surface area contributed by atoms with Crippen LogP contribution in [-0.4, -0.2) is 12.5 Å². The first kappa shape index (κ1) is 11.9. The molecule has 0 amide bonds. The van der Waals surface area contributed by atoms with Crippen LogP contribution in [0.5, 0.6) is 5.75 Å². The smallest absolute Gasteiger partial charge is 0.325 e. The number of rotatable bonds is 2. The van der Waals surface area contributed by atoms with E-state index in [2.05, 4.69) is 0 Å². The van der Waals surface area contributed by atoms with Gasteiger partial charge in [-0.25, -0.2) is 0 Å². The van der Waals surface area contributed by atoms with E-state index < -0.39 is 5.97 Å². The molecule has 2 N–H and O–H groups in total. The van der Waals surface area contributed by atoms with Crippen LogP contribution in [0, 0.1) is 6.92 Å². The fourth-order valence-electron chi connectivity index (χ4n) is 0.779. The molecule has 0 aromatic heterocycles. The van der Waals surface area contributed by atoms with E-state index in [1.54, 1.807) is 12.1 Å². The molecule has 0 atom stereocenters. The SMILES string of the molecule is Cc1ccc(OC(=O)CN)cc1.Cl. The van der Waals surface area contributed by atoms with Crippen LogP contribution in [0.15, 0.2) is 24.3 Å². The highest BCUT2D eigenvalue weighted by Crippen LogP contribution is 2.10. The molecule has 0 aliphatic rings. The Morgan fingerprint density at radius 3 is 2.38 bits per heavy atom. The first-order valence-electron chi connectivity index (χ1n) is 3.70. The Morgan fingerprint density at radius 1 is 1.38 bits per heavy atom. The van der Waals surface area contributed by atoms with E-state index in [9.17, 15) is 4.79 Å². The summed E-state index contributed by atoms with van der Waals surface area (Å²) in [5.41, 5.74) is 6.20. The van der Waals surface area contributed by atoms with Crippen molar-refractivity contribution in [1.29, 1.82) is 0 Å². The molecule has 0 aliphatic carbocycles. The molecule has 72 valence electrons. The Balaban J connectivity index is 0.00000144. The van der Waals surface area contributed by atoms with Crippen molar-refractivity contribution < 1.29 is 9.53 Å². The van der Waals surface area contributed by atoms with Gasteiger partial charge in [-0.1, -0.05) is 17.7 Å². The second kappa shape index (κ2) is 5.56. The van der Waals surface area contributed by atoms with Gasteiger partial charge in [-0.3, -0.25) is 4.79 Å². The Bertz CT molecular complexity index is 271. The van der Waals surface area contributed by atoms with Crippen molar-refractivity contribution in [3.8, 4) is 5.75 Å². The molecule has 0 saturated carbocycles. The Labute approximate surface area is 83.3 Å². The molecule has 1 aromatic carbocycles. The van der Waals surface area contributed by atoms with Gasteiger partial charge in [-0.15, -0.1) is 12.4 Å². The van der Waals surface area contributed by atoms with Gasteiger partial charge in [-0.2, -0.15) is 0 Å². The first-order valence-corrected chi connectivity index (χ1v) is 3.70. The monoisotopic (exact) mass is 201 g/mol. The van der Waals surface area contributed by atoms with Crippen LogP contribution in [-0.2, 0) is 4.79 Å². The third-order valence-corrected chi connectivity index (χ3v) is 1.42. The zero-order valence-electron chi connectivity index (χ0n) is 7.32. The van der Waals surface area contributed by atoms with Gasteiger partial charge in [0.05, 0.1) is 6.54 Å². The highest BCUT2D eigenvalue weighted by molar-refractivity contribution is 5.85. The van der Waals surface area contributed by atoms with Gasteiger partial charge in [0.15, 0.2) is 0 Å². The molecular formula is C9H12ClNO2. The van der Waals surface area contributed by atoms with Gasteiger partial charge in [0, 0.05) is 0 Å². The van der Waals surface area contributed by atoms with Crippen LogP contribution in [0.3, 0.4) is 0 Å². The van der Waals surface area contributed by atoms with E-state index in [1.807, 2.05) is 19.1 Å². The lowest BCUT2D eigenvalue weighted by Gasteiger charge is -2.01. The minimum atomic E-state index is -0.418. The number of halogens is 1. The van der Waals surface area contributed by atoms with Crippen molar-refractivity contribution in [3.05, 3.63) is 29.8 Å². The Morgan fingerprint density at radius 2 is 1.92 bits per heavy atom. The summed E-state index contributed by atoms with van der Waals surface area (Å²) in [6, 6.07) is 7.23. The van der Waals surface area contributed by atoms with Gasteiger partial charge >= 0.3 is 5.97 Å². The van der Waals surface area contributed by atoms with Crippen LogP contribution >= 0.6 is 12.4 Å². The third kappa shape index (κ3) is 3.92. The molecule has 1 aromatic rings. The van der Waals surface area contributed by atoms with Crippen LogP contribution in [0.1, 0.15) is 5.56 Å². The zero-order valence-corrected chi connectivity index (χ0v) is 8.14. The number of hydrogen-bond acceptors (Lipinski definition) is 3.